The summed E-state index contributed by atoms with van der Waals surface area (Å²) in [5.74, 6) is 4.93. The number of nitrogens with two attached hydrogens (primary N) is 1. The van der Waals surface area contributed by atoms with E-state index in [9.17, 15) is 0 Å². The molecule has 0 aliphatic carbocycles. The van der Waals surface area contributed by atoms with E-state index < -0.39 is 0 Å². The van der Waals surface area contributed by atoms with Gasteiger partial charge in [0, 0.05) is 5.54 Å². The highest BCUT2D eigenvalue weighted by Gasteiger charge is 2.05. The van der Waals surface area contributed by atoms with E-state index in [-0.39, 0.29) is 5.54 Å². The van der Waals surface area contributed by atoms with E-state index in [0.717, 1.165) is 0 Å². The molecule has 0 aromatic rings. The van der Waals surface area contributed by atoms with Crippen molar-refractivity contribution in [3.8, 4) is 0 Å². The van der Waals surface area contributed by atoms with Crippen LogP contribution in [0.5, 0.6) is 0 Å². The Bertz CT molecular complexity index is 35.3. The maximum atomic E-state index is 4.93. The predicted octanol–water partition coefficient (Wildman–Crippen LogP) is 0.263. The summed E-state index contributed by atoms with van der Waals surface area (Å²) in [6, 6.07) is 0. The van der Waals surface area contributed by atoms with Gasteiger partial charge in [0.05, 0.1) is 0 Å². The third-order valence-electron chi connectivity index (χ3n) is 0.387. The number of rotatable bonds is 0. The molecule has 0 aromatic heterocycles. The van der Waals surface area contributed by atoms with Gasteiger partial charge < -0.3 is 0 Å². The zero-order valence-electron chi connectivity index (χ0n) is 4.52. The number of hydrogen-bond acceptors (Lipinski definition) is 1. The summed E-state index contributed by atoms with van der Waals surface area (Å²) in [6.07, 6.45) is 0. The average Bonchev–Trinajstić information content (AvgIpc) is 1.35. The Labute approximate surface area is 38.7 Å². The molecule has 1 radical (unpaired) electrons. The second-order valence-corrected chi connectivity index (χ2v) is 2.30. The Kier molecular flexibility index (Phi) is 1.56. The Morgan fingerprint density at radius 3 is 1.50 bits per heavy atom. The molecule has 0 fully saturated rings. The van der Waals surface area contributed by atoms with Crippen molar-refractivity contribution in [1.82, 2.24) is 5.43 Å². The maximum absolute atomic E-state index is 4.93. The molecule has 0 aliphatic heterocycles. The molecule has 2 nitrogen and oxygen atoms in total. The van der Waals surface area contributed by atoms with Crippen LogP contribution >= 0.6 is 0 Å². The Morgan fingerprint density at radius 1 is 1.33 bits per heavy atom. The van der Waals surface area contributed by atoms with Crippen molar-refractivity contribution in [2.75, 3.05) is 0 Å². The molecule has 2 heteroatoms. The van der Waals surface area contributed by atoms with Crippen LogP contribution in [-0.4, -0.2) is 5.54 Å². The van der Waals surface area contributed by atoms with Crippen molar-refractivity contribution in [3.63, 3.8) is 0 Å². The van der Waals surface area contributed by atoms with Crippen molar-refractivity contribution in [1.29, 1.82) is 0 Å². The number of hydrogen-bond donors (Lipinski definition) is 1. The fourth-order valence-electron chi connectivity index (χ4n) is 0. The van der Waals surface area contributed by atoms with Crippen LogP contribution in [0.4, 0.5) is 0 Å². The van der Waals surface area contributed by atoms with Gasteiger partial charge in [-0.3, -0.25) is 5.84 Å². The number of nitrogens with zero attached hydrogens (tertiary/aromatic N) is 1. The van der Waals surface area contributed by atoms with Gasteiger partial charge in [0.25, 0.3) is 0 Å². The largest absolute Gasteiger partial charge is 0.253 e. The highest BCUT2D eigenvalue weighted by atomic mass is 15.2. The summed E-state index contributed by atoms with van der Waals surface area (Å²) in [7, 11) is 0. The van der Waals surface area contributed by atoms with Crippen LogP contribution in [0.25, 0.3) is 0 Å². The summed E-state index contributed by atoms with van der Waals surface area (Å²) in [6.45, 7) is 5.85. The zero-order chi connectivity index (χ0) is 5.21. The zero-order valence-corrected chi connectivity index (χ0v) is 4.52. The second-order valence-electron chi connectivity index (χ2n) is 2.30. The highest BCUT2D eigenvalue weighted by Crippen LogP contribution is 1.94. The van der Waals surface area contributed by atoms with E-state index in [4.69, 9.17) is 5.84 Å². The predicted molar refractivity (Wildman–Crippen MR) is 26.1 cm³/mol. The molecular weight excluding hydrogens is 76.1 g/mol. The molecule has 0 aromatic carbocycles. The lowest BCUT2D eigenvalue weighted by molar-refractivity contribution is 0.428. The van der Waals surface area contributed by atoms with Gasteiger partial charge in [-0.25, -0.2) is 0 Å². The molecule has 2 N–H and O–H groups in total. The normalized spacial score (nSPS) is 12.0. The monoisotopic (exact) mass is 87.1 g/mol. The van der Waals surface area contributed by atoms with Gasteiger partial charge in [-0.1, -0.05) is 0 Å². The molecule has 0 amide bonds. The van der Waals surface area contributed by atoms with Crippen LogP contribution in [0, 0.1) is 0 Å². The first-order chi connectivity index (χ1) is 2.56. The van der Waals surface area contributed by atoms with Crippen molar-refractivity contribution in [2.45, 2.75) is 26.3 Å². The van der Waals surface area contributed by atoms with Crippen molar-refractivity contribution < 1.29 is 0 Å². The Balaban J connectivity index is 3.17. The molecule has 6 heavy (non-hydrogen) atoms. The van der Waals surface area contributed by atoms with Crippen LogP contribution < -0.4 is 11.3 Å². The highest BCUT2D eigenvalue weighted by molar-refractivity contribution is 4.63. The van der Waals surface area contributed by atoms with E-state index >= 15 is 0 Å². The molecule has 0 aliphatic rings. The lowest BCUT2D eigenvalue weighted by Gasteiger charge is -2.11. The van der Waals surface area contributed by atoms with E-state index in [1.54, 1.807) is 0 Å². The van der Waals surface area contributed by atoms with Crippen LogP contribution in [-0.2, 0) is 0 Å². The van der Waals surface area contributed by atoms with E-state index in [2.05, 4.69) is 5.43 Å². The minimum absolute atomic E-state index is 0.0556. The van der Waals surface area contributed by atoms with Crippen molar-refractivity contribution in [3.05, 3.63) is 0 Å². The first-order valence-electron chi connectivity index (χ1n) is 1.98. The van der Waals surface area contributed by atoms with Gasteiger partial charge >= 0.3 is 0 Å². The van der Waals surface area contributed by atoms with Gasteiger partial charge in [0.1, 0.15) is 0 Å². The van der Waals surface area contributed by atoms with Crippen molar-refractivity contribution >= 4 is 0 Å². The van der Waals surface area contributed by atoms with Gasteiger partial charge in [-0.05, 0) is 20.8 Å². The van der Waals surface area contributed by atoms with E-state index in [1.807, 2.05) is 20.8 Å². The maximum Gasteiger partial charge on any atom is 0.0439 e. The fourth-order valence-corrected chi connectivity index (χ4v) is 0. The summed E-state index contributed by atoms with van der Waals surface area (Å²) >= 11 is 0. The summed E-state index contributed by atoms with van der Waals surface area (Å²) in [4.78, 5) is 0. The van der Waals surface area contributed by atoms with Crippen LogP contribution in [0.3, 0.4) is 0 Å². The summed E-state index contributed by atoms with van der Waals surface area (Å²) < 4.78 is 0. The minimum Gasteiger partial charge on any atom is -0.253 e. The van der Waals surface area contributed by atoms with E-state index in [0.29, 0.717) is 0 Å². The molecule has 0 heterocycles. The minimum atomic E-state index is -0.0556. The van der Waals surface area contributed by atoms with Crippen molar-refractivity contribution in [2.24, 2.45) is 5.84 Å². The molecular formula is C4H11N2. The summed E-state index contributed by atoms with van der Waals surface area (Å²) in [5.41, 5.74) is 3.47. The molecule has 0 bridgehead atoms. The second kappa shape index (κ2) is 1.58. The third-order valence-corrected chi connectivity index (χ3v) is 0.387. The van der Waals surface area contributed by atoms with Gasteiger partial charge in [-0.2, -0.15) is 5.43 Å². The van der Waals surface area contributed by atoms with E-state index in [1.165, 1.54) is 0 Å². The molecule has 0 unspecified atom stereocenters. The first kappa shape index (κ1) is 5.92. The standard InChI is InChI=1S/C4H11N2/c1-4(2,3)6-5/h5H2,1-3H3. The Hall–Kier alpha value is -0.0800. The molecule has 0 spiro atoms. The lowest BCUT2D eigenvalue weighted by atomic mass is 10.1. The average molecular weight is 87.1 g/mol. The van der Waals surface area contributed by atoms with Gasteiger partial charge in [-0.15, -0.1) is 0 Å². The summed E-state index contributed by atoms with van der Waals surface area (Å²) in [5, 5.41) is 0. The van der Waals surface area contributed by atoms with Gasteiger partial charge in [0.2, 0.25) is 0 Å². The third kappa shape index (κ3) is 3.92. The molecule has 0 rings (SSSR count). The molecule has 0 atom stereocenters. The van der Waals surface area contributed by atoms with Crippen LogP contribution in [0.15, 0.2) is 0 Å². The molecule has 0 saturated heterocycles. The topological polar surface area (TPSA) is 40.1 Å². The smallest absolute Gasteiger partial charge is 0.0439 e. The van der Waals surface area contributed by atoms with Crippen LogP contribution in [0.1, 0.15) is 20.8 Å². The lowest BCUT2D eigenvalue weighted by Crippen LogP contribution is -2.33. The van der Waals surface area contributed by atoms with Gasteiger partial charge in [0.15, 0.2) is 0 Å². The molecule has 0 saturated carbocycles. The SMILES string of the molecule is CC(C)(C)[N]N. The van der Waals surface area contributed by atoms with Crippen LogP contribution in [0.2, 0.25) is 0 Å². The Morgan fingerprint density at radius 2 is 1.50 bits per heavy atom. The fraction of sp³-hybridized carbons (Fsp3) is 1.00. The molecule has 37 valence electrons. The quantitative estimate of drug-likeness (QED) is 0.334. The first-order valence-corrected chi connectivity index (χ1v) is 1.98.